The first kappa shape index (κ1) is 19.2. The number of carbonyl (C=O) groups is 1. The molecule has 0 radical (unpaired) electrons. The molecule has 0 aromatic heterocycles. The van der Waals surface area contributed by atoms with E-state index in [1.165, 1.54) is 12.1 Å². The summed E-state index contributed by atoms with van der Waals surface area (Å²) in [4.78, 5) is 13.8. The number of nitrogens with two attached hydrogens (primary N) is 1. The van der Waals surface area contributed by atoms with Crippen molar-refractivity contribution in [2.45, 2.75) is 4.90 Å². The van der Waals surface area contributed by atoms with E-state index >= 15 is 0 Å². The van der Waals surface area contributed by atoms with E-state index in [1.807, 2.05) is 6.07 Å². The number of nitriles is 1. The Morgan fingerprint density at radius 3 is 2.58 bits per heavy atom. The summed E-state index contributed by atoms with van der Waals surface area (Å²) in [6, 6.07) is 12.7. The molecule has 2 aromatic rings. The van der Waals surface area contributed by atoms with Crippen molar-refractivity contribution < 1.29 is 17.9 Å². The number of hydrogen-bond donors (Lipinski definition) is 2. The highest BCUT2D eigenvalue weighted by atomic mass is 32.2. The second kappa shape index (κ2) is 7.86. The molecule has 2 aromatic carbocycles. The van der Waals surface area contributed by atoms with Crippen LogP contribution in [0.3, 0.4) is 0 Å². The number of ether oxygens (including phenoxy) is 1. The third kappa shape index (κ3) is 4.72. The summed E-state index contributed by atoms with van der Waals surface area (Å²) in [7, 11) is -0.402. The van der Waals surface area contributed by atoms with Crippen LogP contribution in [0, 0.1) is 11.3 Å². The molecule has 8 nitrogen and oxygen atoms in total. The number of para-hydroxylation sites is 1. The maximum Gasteiger partial charge on any atom is 0.262 e. The average molecular weight is 374 g/mol. The van der Waals surface area contributed by atoms with E-state index in [1.54, 1.807) is 49.3 Å². The Kier molecular flexibility index (Phi) is 5.82. The monoisotopic (exact) mass is 374 g/mol. The number of nitrogens with zero attached hydrogens (tertiary/aromatic N) is 2. The fourth-order valence-corrected chi connectivity index (χ4v) is 2.74. The number of hydrogen-bond acceptors (Lipinski definition) is 6. The van der Waals surface area contributed by atoms with Crippen LogP contribution >= 0.6 is 0 Å². The van der Waals surface area contributed by atoms with Crippen LogP contribution in [0.2, 0.25) is 0 Å². The first-order chi connectivity index (χ1) is 12.2. The van der Waals surface area contributed by atoms with E-state index in [0.29, 0.717) is 11.3 Å². The SMILES string of the molecule is CN(C)c1ccc(S(N)(=O)=O)cc1NC(=O)COc1ccccc1C#N. The van der Waals surface area contributed by atoms with Gasteiger partial charge in [0.15, 0.2) is 6.61 Å². The first-order valence-corrected chi connectivity index (χ1v) is 9.03. The average Bonchev–Trinajstić information content (AvgIpc) is 2.59. The third-order valence-electron chi connectivity index (χ3n) is 3.42. The molecule has 136 valence electrons. The van der Waals surface area contributed by atoms with E-state index < -0.39 is 15.9 Å². The molecule has 0 bridgehead atoms. The molecule has 0 unspecified atom stereocenters. The van der Waals surface area contributed by atoms with Gasteiger partial charge in [0.2, 0.25) is 10.0 Å². The van der Waals surface area contributed by atoms with Gasteiger partial charge in [-0.1, -0.05) is 12.1 Å². The fraction of sp³-hybridized carbons (Fsp3) is 0.176. The van der Waals surface area contributed by atoms with Crippen LogP contribution in [0.4, 0.5) is 11.4 Å². The van der Waals surface area contributed by atoms with Gasteiger partial charge in [0.05, 0.1) is 21.8 Å². The van der Waals surface area contributed by atoms with Crippen LogP contribution in [0.5, 0.6) is 5.75 Å². The smallest absolute Gasteiger partial charge is 0.262 e. The van der Waals surface area contributed by atoms with Crippen molar-refractivity contribution in [3.05, 3.63) is 48.0 Å². The Balaban J connectivity index is 2.18. The van der Waals surface area contributed by atoms with Gasteiger partial charge in [-0.3, -0.25) is 4.79 Å². The van der Waals surface area contributed by atoms with Crippen molar-refractivity contribution >= 4 is 27.3 Å². The second-order valence-electron chi connectivity index (χ2n) is 5.56. The van der Waals surface area contributed by atoms with Crippen LogP contribution in [0.1, 0.15) is 5.56 Å². The molecule has 2 rings (SSSR count). The van der Waals surface area contributed by atoms with E-state index in [-0.39, 0.29) is 22.9 Å². The van der Waals surface area contributed by atoms with Gasteiger partial charge in [0.1, 0.15) is 11.8 Å². The highest BCUT2D eigenvalue weighted by molar-refractivity contribution is 7.89. The Hall–Kier alpha value is -3.09. The summed E-state index contributed by atoms with van der Waals surface area (Å²) < 4.78 is 28.4. The van der Waals surface area contributed by atoms with Crippen LogP contribution in [0.25, 0.3) is 0 Å². The maximum atomic E-state index is 12.2. The lowest BCUT2D eigenvalue weighted by molar-refractivity contribution is -0.118. The van der Waals surface area contributed by atoms with Crippen molar-refractivity contribution in [1.82, 2.24) is 0 Å². The Morgan fingerprint density at radius 1 is 1.27 bits per heavy atom. The fourth-order valence-electron chi connectivity index (χ4n) is 2.20. The van der Waals surface area contributed by atoms with Crippen LogP contribution in [-0.2, 0) is 14.8 Å². The first-order valence-electron chi connectivity index (χ1n) is 7.48. The van der Waals surface area contributed by atoms with Gasteiger partial charge in [-0.2, -0.15) is 5.26 Å². The molecule has 0 atom stereocenters. The summed E-state index contributed by atoms with van der Waals surface area (Å²) in [6.45, 7) is -0.342. The van der Waals surface area contributed by atoms with Crippen molar-refractivity contribution in [2.75, 3.05) is 30.9 Å². The topological polar surface area (TPSA) is 126 Å². The second-order valence-corrected chi connectivity index (χ2v) is 7.12. The van der Waals surface area contributed by atoms with E-state index in [2.05, 4.69) is 5.32 Å². The Labute approximate surface area is 151 Å². The molecule has 1 amide bonds. The largest absolute Gasteiger partial charge is 0.482 e. The van der Waals surface area contributed by atoms with Crippen molar-refractivity contribution in [3.8, 4) is 11.8 Å². The number of amides is 1. The van der Waals surface area contributed by atoms with E-state index in [4.69, 9.17) is 15.1 Å². The van der Waals surface area contributed by atoms with Gasteiger partial charge in [-0.05, 0) is 30.3 Å². The number of nitrogens with one attached hydrogen (secondary N) is 1. The number of rotatable bonds is 6. The van der Waals surface area contributed by atoms with Gasteiger partial charge in [0, 0.05) is 14.1 Å². The number of carbonyl (C=O) groups excluding carboxylic acids is 1. The minimum Gasteiger partial charge on any atom is -0.482 e. The summed E-state index contributed by atoms with van der Waals surface area (Å²) in [5.74, 6) is -0.219. The lowest BCUT2D eigenvalue weighted by Crippen LogP contribution is -2.23. The molecule has 9 heteroatoms. The van der Waals surface area contributed by atoms with Crippen molar-refractivity contribution in [2.24, 2.45) is 5.14 Å². The van der Waals surface area contributed by atoms with Crippen LogP contribution < -0.4 is 20.1 Å². The summed E-state index contributed by atoms with van der Waals surface area (Å²) in [6.07, 6.45) is 0. The standard InChI is InChI=1S/C17H18N4O4S/c1-21(2)15-8-7-13(26(19,23)24)9-14(15)20-17(22)11-25-16-6-4-3-5-12(16)10-18/h3-9H,11H2,1-2H3,(H,20,22)(H2,19,23,24). The number of benzene rings is 2. The van der Waals surface area contributed by atoms with Gasteiger partial charge < -0.3 is 15.0 Å². The van der Waals surface area contributed by atoms with Gasteiger partial charge >= 0.3 is 0 Å². The molecule has 0 saturated carbocycles. The maximum absolute atomic E-state index is 12.2. The van der Waals surface area contributed by atoms with Gasteiger partial charge in [-0.15, -0.1) is 0 Å². The van der Waals surface area contributed by atoms with Crippen molar-refractivity contribution in [1.29, 1.82) is 5.26 Å². The molecule has 0 aliphatic heterocycles. The predicted molar refractivity (Wildman–Crippen MR) is 97.4 cm³/mol. The molecule has 0 aliphatic carbocycles. The molecule has 0 saturated heterocycles. The van der Waals surface area contributed by atoms with Gasteiger partial charge in [0.25, 0.3) is 5.91 Å². The summed E-state index contributed by atoms with van der Waals surface area (Å²) >= 11 is 0. The third-order valence-corrected chi connectivity index (χ3v) is 4.33. The number of primary sulfonamides is 1. The predicted octanol–water partition coefficient (Wildman–Crippen LogP) is 1.29. The zero-order valence-corrected chi connectivity index (χ0v) is 15.1. The van der Waals surface area contributed by atoms with Crippen LogP contribution in [0.15, 0.2) is 47.4 Å². The quantitative estimate of drug-likeness (QED) is 0.785. The Bertz CT molecular complexity index is 965. The minimum absolute atomic E-state index is 0.117. The van der Waals surface area contributed by atoms with Gasteiger partial charge in [-0.25, -0.2) is 13.6 Å². The minimum atomic E-state index is -3.90. The normalized spacial score (nSPS) is 10.7. The molecule has 0 spiro atoms. The lowest BCUT2D eigenvalue weighted by Gasteiger charge is -2.19. The zero-order valence-electron chi connectivity index (χ0n) is 14.3. The summed E-state index contributed by atoms with van der Waals surface area (Å²) in [5, 5.41) is 16.8. The highest BCUT2D eigenvalue weighted by Crippen LogP contribution is 2.27. The molecular weight excluding hydrogens is 356 g/mol. The van der Waals surface area contributed by atoms with E-state index in [0.717, 1.165) is 0 Å². The van der Waals surface area contributed by atoms with E-state index in [9.17, 15) is 13.2 Å². The number of anilines is 2. The lowest BCUT2D eigenvalue weighted by atomic mass is 10.2. The molecular formula is C17H18N4O4S. The van der Waals surface area contributed by atoms with Crippen LogP contribution in [-0.4, -0.2) is 35.0 Å². The zero-order chi connectivity index (χ0) is 19.3. The van der Waals surface area contributed by atoms with Crippen molar-refractivity contribution in [3.63, 3.8) is 0 Å². The summed E-state index contributed by atoms with van der Waals surface area (Å²) in [5.41, 5.74) is 1.19. The molecule has 0 heterocycles. The molecule has 26 heavy (non-hydrogen) atoms. The highest BCUT2D eigenvalue weighted by Gasteiger charge is 2.15. The molecule has 3 N–H and O–H groups in total. The molecule has 0 aliphatic rings. The Morgan fingerprint density at radius 2 is 1.96 bits per heavy atom. The number of sulfonamides is 1. The molecule has 0 fully saturated rings.